The third-order valence-corrected chi connectivity index (χ3v) is 1.74. The van der Waals surface area contributed by atoms with Gasteiger partial charge in [0.05, 0.1) is 18.4 Å². The Balaban J connectivity index is 5.31. The summed E-state index contributed by atoms with van der Waals surface area (Å²) in [5, 5.41) is 10.7. The van der Waals surface area contributed by atoms with Crippen molar-refractivity contribution >= 4 is 12.2 Å². The number of esters is 1. The average molecular weight is 251 g/mol. The van der Waals surface area contributed by atoms with Crippen LogP contribution in [0.4, 0.5) is 13.2 Å². The molecule has 17 heavy (non-hydrogen) atoms. The van der Waals surface area contributed by atoms with Gasteiger partial charge >= 0.3 is 12.1 Å². The first-order valence-corrected chi connectivity index (χ1v) is 4.63. The fourth-order valence-electron chi connectivity index (χ4n) is 0.885. The minimum absolute atomic E-state index is 0.0323. The molecule has 0 unspecified atom stereocenters. The standard InChI is InChI=1S/C10H12F3NO3/c1-3-17-9(15)8(5-4-6-14-16)7(2)10(11,12)13/h4-6,16H,3H2,1-2H3/b5-4-,8-7-,14-6+. The molecule has 0 atom stereocenters. The normalized spacial score (nSPS) is 14.2. The zero-order chi connectivity index (χ0) is 13.5. The van der Waals surface area contributed by atoms with E-state index in [2.05, 4.69) is 9.89 Å². The number of alkyl halides is 3. The van der Waals surface area contributed by atoms with Crippen LogP contribution in [0.25, 0.3) is 0 Å². The summed E-state index contributed by atoms with van der Waals surface area (Å²) in [4.78, 5) is 11.3. The highest BCUT2D eigenvalue weighted by Gasteiger charge is 2.34. The SMILES string of the molecule is CCOC(=O)C(/C=C\C=N\O)=C(/C)C(F)(F)F. The van der Waals surface area contributed by atoms with Gasteiger partial charge in [-0.1, -0.05) is 5.16 Å². The predicted octanol–water partition coefficient (Wildman–Crippen LogP) is 2.44. The van der Waals surface area contributed by atoms with Gasteiger partial charge in [-0.3, -0.25) is 0 Å². The lowest BCUT2D eigenvalue weighted by atomic mass is 10.1. The van der Waals surface area contributed by atoms with Crippen LogP contribution in [0.1, 0.15) is 13.8 Å². The second-order valence-electron chi connectivity index (χ2n) is 2.88. The van der Waals surface area contributed by atoms with Crippen molar-refractivity contribution in [3.05, 3.63) is 23.3 Å². The number of ether oxygens (including phenoxy) is 1. The van der Waals surface area contributed by atoms with Gasteiger partial charge in [0.2, 0.25) is 0 Å². The summed E-state index contributed by atoms with van der Waals surface area (Å²) < 4.78 is 41.8. The molecular formula is C10H12F3NO3. The zero-order valence-electron chi connectivity index (χ0n) is 9.28. The van der Waals surface area contributed by atoms with Crippen LogP contribution in [0.15, 0.2) is 28.5 Å². The number of allylic oxidation sites excluding steroid dienone is 2. The molecule has 0 rings (SSSR count). The highest BCUT2D eigenvalue weighted by atomic mass is 19.4. The maximum atomic E-state index is 12.4. The van der Waals surface area contributed by atoms with Crippen molar-refractivity contribution < 1.29 is 27.9 Å². The van der Waals surface area contributed by atoms with Crippen LogP contribution in [0, 0.1) is 0 Å². The van der Waals surface area contributed by atoms with Gasteiger partial charge in [0.25, 0.3) is 0 Å². The molecular weight excluding hydrogens is 239 g/mol. The Bertz CT molecular complexity index is 356. The first kappa shape index (κ1) is 15.2. The van der Waals surface area contributed by atoms with E-state index in [-0.39, 0.29) is 6.61 Å². The van der Waals surface area contributed by atoms with Crippen molar-refractivity contribution in [1.29, 1.82) is 0 Å². The molecule has 0 heterocycles. The monoisotopic (exact) mass is 251 g/mol. The molecule has 0 aromatic carbocycles. The van der Waals surface area contributed by atoms with E-state index in [0.717, 1.165) is 25.3 Å². The molecule has 1 N–H and O–H groups in total. The van der Waals surface area contributed by atoms with E-state index in [9.17, 15) is 18.0 Å². The van der Waals surface area contributed by atoms with Gasteiger partial charge in [-0.25, -0.2) is 4.79 Å². The molecule has 0 saturated heterocycles. The molecule has 0 spiro atoms. The number of carbonyl (C=O) groups is 1. The van der Waals surface area contributed by atoms with Crippen LogP contribution in [0.3, 0.4) is 0 Å². The van der Waals surface area contributed by atoms with Crippen LogP contribution in [-0.2, 0) is 9.53 Å². The number of hydrogen-bond donors (Lipinski definition) is 1. The van der Waals surface area contributed by atoms with E-state index >= 15 is 0 Å². The molecule has 0 fully saturated rings. The lowest BCUT2D eigenvalue weighted by molar-refractivity contribution is -0.139. The summed E-state index contributed by atoms with van der Waals surface area (Å²) >= 11 is 0. The largest absolute Gasteiger partial charge is 0.462 e. The fraction of sp³-hybridized carbons (Fsp3) is 0.400. The minimum atomic E-state index is -4.62. The molecule has 96 valence electrons. The molecule has 4 nitrogen and oxygen atoms in total. The number of rotatable bonds is 4. The number of oxime groups is 1. The second-order valence-corrected chi connectivity index (χ2v) is 2.88. The maximum Gasteiger partial charge on any atom is 0.413 e. The predicted molar refractivity (Wildman–Crippen MR) is 54.8 cm³/mol. The highest BCUT2D eigenvalue weighted by Crippen LogP contribution is 2.28. The van der Waals surface area contributed by atoms with Crippen LogP contribution >= 0.6 is 0 Å². The quantitative estimate of drug-likeness (QED) is 0.208. The summed E-state index contributed by atoms with van der Waals surface area (Å²) in [5.74, 6) is -1.08. The van der Waals surface area contributed by atoms with Crippen molar-refractivity contribution in [2.24, 2.45) is 5.16 Å². The van der Waals surface area contributed by atoms with E-state index in [4.69, 9.17) is 5.21 Å². The van der Waals surface area contributed by atoms with E-state index in [1.165, 1.54) is 6.92 Å². The number of carbonyl (C=O) groups excluding carboxylic acids is 1. The van der Waals surface area contributed by atoms with Crippen LogP contribution in [0.5, 0.6) is 0 Å². The number of nitrogens with zero attached hydrogens (tertiary/aromatic N) is 1. The summed E-state index contributed by atoms with van der Waals surface area (Å²) in [6, 6.07) is 0. The van der Waals surface area contributed by atoms with Gasteiger partial charge in [-0.05, 0) is 26.0 Å². The van der Waals surface area contributed by atoms with Crippen LogP contribution < -0.4 is 0 Å². The van der Waals surface area contributed by atoms with E-state index < -0.39 is 23.3 Å². The molecule has 0 radical (unpaired) electrons. The Kier molecular flexibility index (Phi) is 6.01. The average Bonchev–Trinajstić information content (AvgIpc) is 2.22. The third kappa shape index (κ3) is 5.19. The summed E-state index contributed by atoms with van der Waals surface area (Å²) in [6.07, 6.45) is -1.91. The van der Waals surface area contributed by atoms with Gasteiger partial charge in [0.15, 0.2) is 0 Å². The Hall–Kier alpha value is -1.79. The van der Waals surface area contributed by atoms with Gasteiger partial charge in [-0.2, -0.15) is 13.2 Å². The topological polar surface area (TPSA) is 58.9 Å². The van der Waals surface area contributed by atoms with E-state index in [0.29, 0.717) is 0 Å². The van der Waals surface area contributed by atoms with Gasteiger partial charge < -0.3 is 9.94 Å². The number of hydrogen-bond acceptors (Lipinski definition) is 4. The van der Waals surface area contributed by atoms with E-state index in [1.54, 1.807) is 0 Å². The lowest BCUT2D eigenvalue weighted by Gasteiger charge is -2.10. The maximum absolute atomic E-state index is 12.4. The van der Waals surface area contributed by atoms with Crippen molar-refractivity contribution in [3.63, 3.8) is 0 Å². The Morgan fingerprint density at radius 2 is 2.06 bits per heavy atom. The van der Waals surface area contributed by atoms with Crippen molar-refractivity contribution in [1.82, 2.24) is 0 Å². The molecule has 0 aliphatic carbocycles. The molecule has 0 bridgehead atoms. The van der Waals surface area contributed by atoms with Crippen molar-refractivity contribution in [2.45, 2.75) is 20.0 Å². The van der Waals surface area contributed by atoms with E-state index in [1.807, 2.05) is 0 Å². The Labute approximate surface area is 96.1 Å². The first-order valence-electron chi connectivity index (χ1n) is 4.63. The van der Waals surface area contributed by atoms with Crippen LogP contribution in [0.2, 0.25) is 0 Å². The zero-order valence-corrected chi connectivity index (χ0v) is 9.28. The Morgan fingerprint density at radius 3 is 2.47 bits per heavy atom. The van der Waals surface area contributed by atoms with Crippen molar-refractivity contribution in [3.8, 4) is 0 Å². The van der Waals surface area contributed by atoms with Gasteiger partial charge in [-0.15, -0.1) is 0 Å². The first-order chi connectivity index (χ1) is 7.84. The van der Waals surface area contributed by atoms with Gasteiger partial charge in [0.1, 0.15) is 0 Å². The molecule has 0 aliphatic rings. The lowest BCUT2D eigenvalue weighted by Crippen LogP contribution is -2.17. The van der Waals surface area contributed by atoms with Crippen molar-refractivity contribution in [2.75, 3.05) is 6.61 Å². The molecule has 7 heteroatoms. The second kappa shape index (κ2) is 6.72. The van der Waals surface area contributed by atoms with Crippen LogP contribution in [-0.4, -0.2) is 30.2 Å². The third-order valence-electron chi connectivity index (χ3n) is 1.74. The Morgan fingerprint density at radius 1 is 1.47 bits per heavy atom. The molecule has 0 aromatic rings. The minimum Gasteiger partial charge on any atom is -0.462 e. The number of halogens is 3. The summed E-state index contributed by atoms with van der Waals surface area (Å²) in [5.41, 5.74) is -1.70. The highest BCUT2D eigenvalue weighted by molar-refractivity contribution is 5.93. The fourth-order valence-corrected chi connectivity index (χ4v) is 0.885. The molecule has 0 aromatic heterocycles. The molecule has 0 aliphatic heterocycles. The summed E-state index contributed by atoms with van der Waals surface area (Å²) in [6.45, 7) is 2.22. The summed E-state index contributed by atoms with van der Waals surface area (Å²) in [7, 11) is 0. The molecule has 0 amide bonds. The molecule has 0 saturated carbocycles. The van der Waals surface area contributed by atoms with Gasteiger partial charge in [0, 0.05) is 5.57 Å². The smallest absolute Gasteiger partial charge is 0.413 e.